The molecule has 14 heavy (non-hydrogen) atoms. The van der Waals surface area contributed by atoms with Crippen molar-refractivity contribution >= 4 is 5.65 Å². The molecular weight excluding hydrogens is 178 g/mol. The Labute approximate surface area is 82.0 Å². The van der Waals surface area contributed by atoms with Crippen molar-refractivity contribution in [3.63, 3.8) is 0 Å². The zero-order chi connectivity index (χ0) is 10.2. The van der Waals surface area contributed by atoms with E-state index in [4.69, 9.17) is 5.73 Å². The molecule has 0 saturated carbocycles. The van der Waals surface area contributed by atoms with Gasteiger partial charge in [-0.15, -0.1) is 0 Å². The summed E-state index contributed by atoms with van der Waals surface area (Å²) in [5.74, 6) is 0. The van der Waals surface area contributed by atoms with E-state index in [1.807, 2.05) is 28.8 Å². The molecule has 0 aliphatic carbocycles. The lowest BCUT2D eigenvalue weighted by atomic mass is 10.0. The molecule has 4 nitrogen and oxygen atoms in total. The van der Waals surface area contributed by atoms with E-state index in [0.29, 0.717) is 5.69 Å². The van der Waals surface area contributed by atoms with Gasteiger partial charge in [0, 0.05) is 18.9 Å². The molecule has 1 atom stereocenters. The Morgan fingerprint density at radius 2 is 2.36 bits per heavy atom. The smallest absolute Gasteiger partial charge is 0.137 e. The molecule has 0 fully saturated rings. The lowest BCUT2D eigenvalue weighted by molar-refractivity contribution is 0.0627. The van der Waals surface area contributed by atoms with Crippen LogP contribution in [0.15, 0.2) is 30.6 Å². The van der Waals surface area contributed by atoms with Gasteiger partial charge in [0.05, 0.1) is 5.69 Å². The van der Waals surface area contributed by atoms with Crippen molar-refractivity contribution < 1.29 is 5.11 Å². The first-order chi connectivity index (χ1) is 6.63. The molecule has 0 aliphatic rings. The zero-order valence-corrected chi connectivity index (χ0v) is 8.01. The highest BCUT2D eigenvalue weighted by molar-refractivity contribution is 5.40. The molecular formula is C10H13N3O. The van der Waals surface area contributed by atoms with Gasteiger partial charge in [0.25, 0.3) is 0 Å². The van der Waals surface area contributed by atoms with Crippen LogP contribution in [0.2, 0.25) is 0 Å². The first-order valence-corrected chi connectivity index (χ1v) is 4.50. The third-order valence-electron chi connectivity index (χ3n) is 2.31. The van der Waals surface area contributed by atoms with Gasteiger partial charge in [-0.1, -0.05) is 6.07 Å². The molecule has 1 unspecified atom stereocenters. The fourth-order valence-corrected chi connectivity index (χ4v) is 1.30. The second-order valence-electron chi connectivity index (χ2n) is 3.57. The van der Waals surface area contributed by atoms with Gasteiger partial charge in [0.2, 0.25) is 0 Å². The topological polar surface area (TPSA) is 63.5 Å². The molecule has 0 aliphatic heterocycles. The highest BCUT2D eigenvalue weighted by Gasteiger charge is 2.24. The van der Waals surface area contributed by atoms with Crippen molar-refractivity contribution in [3.8, 4) is 0 Å². The summed E-state index contributed by atoms with van der Waals surface area (Å²) in [7, 11) is 0. The van der Waals surface area contributed by atoms with Crippen LogP contribution >= 0.6 is 0 Å². The molecule has 3 N–H and O–H groups in total. The second-order valence-corrected chi connectivity index (χ2v) is 3.57. The molecule has 2 rings (SSSR count). The Morgan fingerprint density at radius 3 is 3.00 bits per heavy atom. The highest BCUT2D eigenvalue weighted by Crippen LogP contribution is 2.18. The molecule has 0 radical (unpaired) electrons. The van der Waals surface area contributed by atoms with Crippen LogP contribution in [0.4, 0.5) is 0 Å². The predicted octanol–water partition coefficient (Wildman–Crippen LogP) is 0.500. The Hall–Kier alpha value is -1.39. The Balaban J connectivity index is 2.55. The van der Waals surface area contributed by atoms with Gasteiger partial charge in [0.15, 0.2) is 0 Å². The van der Waals surface area contributed by atoms with E-state index in [2.05, 4.69) is 4.98 Å². The summed E-state index contributed by atoms with van der Waals surface area (Å²) in [4.78, 5) is 4.29. The lowest BCUT2D eigenvalue weighted by Crippen LogP contribution is -2.31. The van der Waals surface area contributed by atoms with Gasteiger partial charge < -0.3 is 15.2 Å². The van der Waals surface area contributed by atoms with E-state index in [1.54, 1.807) is 13.1 Å². The van der Waals surface area contributed by atoms with Crippen LogP contribution in [0, 0.1) is 0 Å². The number of aromatic nitrogens is 2. The fourth-order valence-electron chi connectivity index (χ4n) is 1.30. The molecule has 0 aromatic carbocycles. The first kappa shape index (κ1) is 9.18. The van der Waals surface area contributed by atoms with Gasteiger partial charge in [-0.2, -0.15) is 0 Å². The van der Waals surface area contributed by atoms with E-state index in [-0.39, 0.29) is 6.54 Å². The lowest BCUT2D eigenvalue weighted by Gasteiger charge is -2.17. The number of imidazole rings is 1. The minimum atomic E-state index is -1.05. The van der Waals surface area contributed by atoms with E-state index in [1.165, 1.54) is 0 Å². The molecule has 0 spiro atoms. The van der Waals surface area contributed by atoms with E-state index >= 15 is 0 Å². The minimum absolute atomic E-state index is 0.164. The summed E-state index contributed by atoms with van der Waals surface area (Å²) in [6, 6.07) is 5.70. The second kappa shape index (κ2) is 3.08. The summed E-state index contributed by atoms with van der Waals surface area (Å²) < 4.78 is 1.86. The maximum atomic E-state index is 9.89. The Kier molecular flexibility index (Phi) is 2.02. The normalized spacial score (nSPS) is 15.6. The maximum Gasteiger partial charge on any atom is 0.137 e. The molecule has 0 saturated heterocycles. The molecule has 2 aromatic rings. The number of nitrogens with two attached hydrogens (primary N) is 1. The van der Waals surface area contributed by atoms with Crippen molar-refractivity contribution in [2.24, 2.45) is 5.73 Å². The fraction of sp³-hybridized carbons (Fsp3) is 0.300. The number of hydrogen-bond acceptors (Lipinski definition) is 3. The monoisotopic (exact) mass is 191 g/mol. The average Bonchev–Trinajstić information content (AvgIpc) is 2.61. The third kappa shape index (κ3) is 1.38. The minimum Gasteiger partial charge on any atom is -0.382 e. The van der Waals surface area contributed by atoms with Crippen molar-refractivity contribution in [3.05, 3.63) is 36.3 Å². The quantitative estimate of drug-likeness (QED) is 0.726. The SMILES string of the molecule is CC(O)(CN)c1cn2ccccc2n1. The van der Waals surface area contributed by atoms with Gasteiger partial charge in [-0.05, 0) is 19.1 Å². The van der Waals surface area contributed by atoms with Gasteiger partial charge >= 0.3 is 0 Å². The van der Waals surface area contributed by atoms with Crippen LogP contribution in [0.3, 0.4) is 0 Å². The predicted molar refractivity (Wildman–Crippen MR) is 53.8 cm³/mol. The van der Waals surface area contributed by atoms with Crippen molar-refractivity contribution in [2.75, 3.05) is 6.54 Å². The summed E-state index contributed by atoms with van der Waals surface area (Å²) in [6.45, 7) is 1.83. The molecule has 0 amide bonds. The average molecular weight is 191 g/mol. The van der Waals surface area contributed by atoms with Crippen LogP contribution in [0.25, 0.3) is 5.65 Å². The summed E-state index contributed by atoms with van der Waals surface area (Å²) >= 11 is 0. The van der Waals surface area contributed by atoms with Crippen molar-refractivity contribution in [2.45, 2.75) is 12.5 Å². The van der Waals surface area contributed by atoms with Crippen LogP contribution in [0.1, 0.15) is 12.6 Å². The number of pyridine rings is 1. The van der Waals surface area contributed by atoms with Crippen molar-refractivity contribution in [1.82, 2.24) is 9.38 Å². The number of rotatable bonds is 2. The van der Waals surface area contributed by atoms with Crippen LogP contribution in [0.5, 0.6) is 0 Å². The molecule has 2 heterocycles. The first-order valence-electron chi connectivity index (χ1n) is 4.50. The molecule has 2 aromatic heterocycles. The third-order valence-corrected chi connectivity index (χ3v) is 2.31. The number of fused-ring (bicyclic) bond motifs is 1. The van der Waals surface area contributed by atoms with E-state index < -0.39 is 5.60 Å². The maximum absolute atomic E-state index is 9.89. The number of hydrogen-bond donors (Lipinski definition) is 2. The zero-order valence-electron chi connectivity index (χ0n) is 8.01. The number of nitrogens with zero attached hydrogens (tertiary/aromatic N) is 2. The molecule has 0 bridgehead atoms. The summed E-state index contributed by atoms with van der Waals surface area (Å²) in [5.41, 5.74) is 5.83. The van der Waals surface area contributed by atoms with E-state index in [0.717, 1.165) is 5.65 Å². The van der Waals surface area contributed by atoms with Crippen molar-refractivity contribution in [1.29, 1.82) is 0 Å². The van der Waals surface area contributed by atoms with Crippen LogP contribution in [-0.4, -0.2) is 21.0 Å². The standard InChI is InChI=1S/C10H13N3O/c1-10(14,7-11)8-6-13-5-3-2-4-9(13)12-8/h2-6,14H,7,11H2,1H3. The number of aliphatic hydroxyl groups is 1. The van der Waals surface area contributed by atoms with E-state index in [9.17, 15) is 5.11 Å². The van der Waals surface area contributed by atoms with Crippen LogP contribution in [-0.2, 0) is 5.60 Å². The molecule has 74 valence electrons. The summed E-state index contributed by atoms with van der Waals surface area (Å²) in [5, 5.41) is 9.89. The Bertz CT molecular complexity index is 414. The van der Waals surface area contributed by atoms with Crippen LogP contribution < -0.4 is 5.73 Å². The largest absolute Gasteiger partial charge is 0.382 e. The Morgan fingerprint density at radius 1 is 1.57 bits per heavy atom. The summed E-state index contributed by atoms with van der Waals surface area (Å²) in [6.07, 6.45) is 3.68. The van der Waals surface area contributed by atoms with Gasteiger partial charge in [-0.3, -0.25) is 0 Å². The highest BCUT2D eigenvalue weighted by atomic mass is 16.3. The van der Waals surface area contributed by atoms with Gasteiger partial charge in [-0.25, -0.2) is 4.98 Å². The molecule has 4 heteroatoms. The van der Waals surface area contributed by atoms with Gasteiger partial charge in [0.1, 0.15) is 11.2 Å².